The number of amides is 1. The van der Waals surface area contributed by atoms with E-state index >= 15 is 0 Å². The van der Waals surface area contributed by atoms with Gasteiger partial charge in [0.1, 0.15) is 12.4 Å². The highest BCUT2D eigenvalue weighted by Crippen LogP contribution is 2.25. The fourth-order valence-corrected chi connectivity index (χ4v) is 2.30. The van der Waals surface area contributed by atoms with Gasteiger partial charge >= 0.3 is 0 Å². The molecule has 5 nitrogen and oxygen atoms in total. The van der Waals surface area contributed by atoms with Gasteiger partial charge in [-0.3, -0.25) is 10.1 Å². The molecule has 1 unspecified atom stereocenters. The summed E-state index contributed by atoms with van der Waals surface area (Å²) in [6, 6.07) is 6.56. The maximum absolute atomic E-state index is 13.1. The van der Waals surface area contributed by atoms with Gasteiger partial charge in [-0.15, -0.1) is 0 Å². The number of nitrogens with zero attached hydrogens (tertiary/aromatic N) is 1. The van der Waals surface area contributed by atoms with Gasteiger partial charge in [0.2, 0.25) is 5.91 Å². The van der Waals surface area contributed by atoms with Gasteiger partial charge in [-0.2, -0.15) is 0 Å². The Kier molecular flexibility index (Phi) is 5.90. The first-order valence-electron chi connectivity index (χ1n) is 7.61. The summed E-state index contributed by atoms with van der Waals surface area (Å²) in [5.74, 6) is -2.48. The summed E-state index contributed by atoms with van der Waals surface area (Å²) in [4.78, 5) is 13.9. The molecule has 0 spiro atoms. The fraction of sp³-hybridized carbons (Fsp3) is 0.562. The van der Waals surface area contributed by atoms with E-state index in [2.05, 4.69) is 10.6 Å². The molecule has 23 heavy (non-hydrogen) atoms. The zero-order valence-electron chi connectivity index (χ0n) is 13.4. The lowest BCUT2D eigenvalue weighted by Gasteiger charge is -2.13. The minimum absolute atomic E-state index is 0.285. The topological polar surface area (TPSA) is 53.6 Å². The van der Waals surface area contributed by atoms with Crippen molar-refractivity contribution in [2.45, 2.75) is 24.9 Å². The van der Waals surface area contributed by atoms with Crippen molar-refractivity contribution in [1.29, 1.82) is 0 Å². The number of nitrogens with one attached hydrogen (secondary N) is 2. The lowest BCUT2D eigenvalue weighted by atomic mass is 10.1. The zero-order valence-corrected chi connectivity index (χ0v) is 13.4. The normalized spacial score (nSPS) is 19.8. The summed E-state index contributed by atoms with van der Waals surface area (Å²) in [6.45, 7) is 1.22. The number of benzene rings is 1. The molecule has 2 N–H and O–H groups in total. The summed E-state index contributed by atoms with van der Waals surface area (Å²) in [7, 11) is 3.94. The van der Waals surface area contributed by atoms with Crippen molar-refractivity contribution in [2.24, 2.45) is 0 Å². The monoisotopic (exact) mass is 327 g/mol. The molecule has 7 heteroatoms. The highest BCUT2D eigenvalue weighted by atomic mass is 19.3. The number of ether oxygens (including phenoxy) is 1. The molecule has 0 radical (unpaired) electrons. The first-order valence-corrected chi connectivity index (χ1v) is 7.61. The number of carbonyl (C=O) groups is 1. The van der Waals surface area contributed by atoms with Crippen molar-refractivity contribution >= 4 is 5.91 Å². The van der Waals surface area contributed by atoms with Crippen LogP contribution in [0, 0.1) is 0 Å². The average Bonchev–Trinajstić information content (AvgIpc) is 2.85. The van der Waals surface area contributed by atoms with Gasteiger partial charge in [-0.25, -0.2) is 8.78 Å². The Bertz CT molecular complexity index is 538. The summed E-state index contributed by atoms with van der Waals surface area (Å²) < 4.78 is 31.8. The second kappa shape index (κ2) is 7.70. The van der Waals surface area contributed by atoms with Crippen molar-refractivity contribution in [1.82, 2.24) is 15.5 Å². The highest BCUT2D eigenvalue weighted by molar-refractivity contribution is 5.82. The number of hydrogen-bond donors (Lipinski definition) is 2. The quantitative estimate of drug-likeness (QED) is 0.791. The molecule has 1 aliphatic heterocycles. The lowest BCUT2D eigenvalue weighted by molar-refractivity contribution is -0.123. The molecular weight excluding hydrogens is 304 g/mol. The molecule has 1 amide bonds. The number of alkyl halides is 2. The molecule has 0 bridgehead atoms. The van der Waals surface area contributed by atoms with E-state index in [-0.39, 0.29) is 6.54 Å². The van der Waals surface area contributed by atoms with E-state index in [1.165, 1.54) is 0 Å². The van der Waals surface area contributed by atoms with E-state index in [0.717, 1.165) is 17.9 Å². The van der Waals surface area contributed by atoms with Crippen molar-refractivity contribution < 1.29 is 18.3 Å². The number of likely N-dealkylation sites (N-methyl/N-ethyl adjacent to an activating group) is 1. The maximum atomic E-state index is 13.1. The van der Waals surface area contributed by atoms with Crippen molar-refractivity contribution in [3.05, 3.63) is 29.8 Å². The van der Waals surface area contributed by atoms with E-state index in [9.17, 15) is 13.6 Å². The van der Waals surface area contributed by atoms with Gasteiger partial charge in [0.05, 0.1) is 12.6 Å². The highest BCUT2D eigenvalue weighted by Gasteiger charge is 2.42. The Morgan fingerprint density at radius 3 is 2.91 bits per heavy atom. The van der Waals surface area contributed by atoms with Crippen LogP contribution in [0.15, 0.2) is 24.3 Å². The second-order valence-corrected chi connectivity index (χ2v) is 6.01. The van der Waals surface area contributed by atoms with Crippen LogP contribution < -0.4 is 15.4 Å². The van der Waals surface area contributed by atoms with Gasteiger partial charge in [0.25, 0.3) is 5.92 Å². The van der Waals surface area contributed by atoms with Crippen LogP contribution in [-0.4, -0.2) is 56.6 Å². The van der Waals surface area contributed by atoms with E-state index < -0.39 is 30.8 Å². The van der Waals surface area contributed by atoms with Crippen LogP contribution >= 0.6 is 0 Å². The molecule has 1 heterocycles. The smallest absolute Gasteiger partial charge is 0.262 e. The minimum atomic E-state index is -2.80. The Labute approximate surface area is 135 Å². The summed E-state index contributed by atoms with van der Waals surface area (Å²) in [5.41, 5.74) is 0.866. The largest absolute Gasteiger partial charge is 0.492 e. The van der Waals surface area contributed by atoms with E-state index in [4.69, 9.17) is 4.74 Å². The standard InChI is InChI=1S/C16H23F2N3O2/c1-21(2)6-7-23-13-5-3-4-12(8-13)10-19-15(22)14-9-16(17,18)11-20-14/h3-5,8,14,20H,6-7,9-11H2,1-2H3,(H,19,22). The van der Waals surface area contributed by atoms with Crippen molar-refractivity contribution in [3.63, 3.8) is 0 Å². The van der Waals surface area contributed by atoms with Crippen LogP contribution in [0.1, 0.15) is 12.0 Å². The molecule has 128 valence electrons. The van der Waals surface area contributed by atoms with E-state index in [1.807, 2.05) is 43.3 Å². The Balaban J connectivity index is 1.80. The van der Waals surface area contributed by atoms with E-state index in [1.54, 1.807) is 0 Å². The third-order valence-electron chi connectivity index (χ3n) is 3.60. The molecule has 1 fully saturated rings. The van der Waals surface area contributed by atoms with Crippen molar-refractivity contribution in [3.8, 4) is 5.75 Å². The molecule has 1 atom stereocenters. The van der Waals surface area contributed by atoms with Crippen LogP contribution in [0.4, 0.5) is 8.78 Å². The zero-order chi connectivity index (χ0) is 16.9. The van der Waals surface area contributed by atoms with E-state index in [0.29, 0.717) is 6.61 Å². The summed E-state index contributed by atoms with van der Waals surface area (Å²) in [6.07, 6.45) is -0.452. The minimum Gasteiger partial charge on any atom is -0.492 e. The second-order valence-electron chi connectivity index (χ2n) is 6.01. The number of hydrogen-bond acceptors (Lipinski definition) is 4. The molecule has 1 aliphatic rings. The molecule has 2 rings (SSSR count). The maximum Gasteiger partial charge on any atom is 0.262 e. The van der Waals surface area contributed by atoms with Crippen LogP contribution in [0.25, 0.3) is 0 Å². The SMILES string of the molecule is CN(C)CCOc1cccc(CNC(=O)C2CC(F)(F)CN2)c1. The van der Waals surface area contributed by atoms with Crippen molar-refractivity contribution in [2.75, 3.05) is 33.8 Å². The molecule has 1 aromatic rings. The molecule has 1 aromatic carbocycles. The molecule has 0 saturated carbocycles. The third-order valence-corrected chi connectivity index (χ3v) is 3.60. The lowest BCUT2D eigenvalue weighted by Crippen LogP contribution is -2.40. The molecule has 0 aliphatic carbocycles. The van der Waals surface area contributed by atoms with Gasteiger partial charge in [0.15, 0.2) is 0 Å². The molecular formula is C16H23F2N3O2. The summed E-state index contributed by atoms with van der Waals surface area (Å²) >= 11 is 0. The van der Waals surface area contributed by atoms with Gasteiger partial charge in [-0.1, -0.05) is 12.1 Å². The average molecular weight is 327 g/mol. The number of halogens is 2. The Morgan fingerprint density at radius 2 is 2.26 bits per heavy atom. The number of carbonyl (C=O) groups excluding carboxylic acids is 1. The molecule has 1 saturated heterocycles. The predicted molar refractivity (Wildman–Crippen MR) is 83.7 cm³/mol. The summed E-state index contributed by atoms with van der Waals surface area (Å²) in [5, 5.41) is 5.22. The van der Waals surface area contributed by atoms with Gasteiger partial charge < -0.3 is 15.0 Å². The first kappa shape index (κ1) is 17.6. The fourth-order valence-electron chi connectivity index (χ4n) is 2.30. The predicted octanol–water partition coefficient (Wildman–Crippen LogP) is 1.24. The van der Waals surface area contributed by atoms with Crippen LogP contribution in [0.5, 0.6) is 5.75 Å². The third kappa shape index (κ3) is 5.76. The van der Waals surface area contributed by atoms with Crippen LogP contribution in [0.2, 0.25) is 0 Å². The van der Waals surface area contributed by atoms with Crippen LogP contribution in [-0.2, 0) is 11.3 Å². The first-order chi connectivity index (χ1) is 10.9. The number of rotatable bonds is 7. The molecule has 0 aromatic heterocycles. The Morgan fingerprint density at radius 1 is 1.48 bits per heavy atom. The van der Waals surface area contributed by atoms with Gasteiger partial charge in [-0.05, 0) is 31.8 Å². The Hall–Kier alpha value is -1.73. The van der Waals surface area contributed by atoms with Crippen LogP contribution in [0.3, 0.4) is 0 Å². The van der Waals surface area contributed by atoms with Gasteiger partial charge in [0, 0.05) is 19.5 Å².